The molecule has 1 aromatic rings. The Labute approximate surface area is 75.8 Å². The summed E-state index contributed by atoms with van der Waals surface area (Å²) in [4.78, 5) is 0. The van der Waals surface area contributed by atoms with E-state index < -0.39 is 6.43 Å². The van der Waals surface area contributed by atoms with Gasteiger partial charge in [-0.2, -0.15) is 0 Å². The average Bonchev–Trinajstić information content (AvgIpc) is 2.02. The van der Waals surface area contributed by atoms with E-state index in [9.17, 15) is 8.78 Å². The number of hydrogen-bond donors (Lipinski definition) is 1. The lowest BCUT2D eigenvalue weighted by atomic mass is 9.94. The topological polar surface area (TPSA) is 12.0 Å². The van der Waals surface area contributed by atoms with E-state index in [2.05, 4.69) is 5.32 Å². The van der Waals surface area contributed by atoms with Crippen molar-refractivity contribution in [3.05, 3.63) is 35.4 Å². The highest BCUT2D eigenvalue weighted by atomic mass is 19.3. The van der Waals surface area contributed by atoms with Crippen molar-refractivity contribution in [3.63, 3.8) is 0 Å². The van der Waals surface area contributed by atoms with Crippen LogP contribution in [0, 0.1) is 0 Å². The summed E-state index contributed by atoms with van der Waals surface area (Å²) >= 11 is 0. The van der Waals surface area contributed by atoms with E-state index in [-0.39, 0.29) is 11.6 Å². The van der Waals surface area contributed by atoms with Gasteiger partial charge in [0.25, 0.3) is 6.43 Å². The van der Waals surface area contributed by atoms with E-state index >= 15 is 0 Å². The maximum atomic E-state index is 12.5. The number of benzene rings is 1. The van der Waals surface area contributed by atoms with Crippen LogP contribution in [0.3, 0.4) is 0 Å². The van der Waals surface area contributed by atoms with Gasteiger partial charge in [0.15, 0.2) is 0 Å². The zero-order valence-electron chi connectivity index (χ0n) is 7.13. The molecule has 13 heavy (non-hydrogen) atoms. The van der Waals surface area contributed by atoms with Crippen molar-refractivity contribution in [1.29, 1.82) is 0 Å². The first-order valence-corrected chi connectivity index (χ1v) is 4.39. The summed E-state index contributed by atoms with van der Waals surface area (Å²) in [6.45, 7) is 0.933. The third-order valence-corrected chi connectivity index (χ3v) is 2.43. The highest BCUT2D eigenvalue weighted by Crippen LogP contribution is 2.31. The predicted molar refractivity (Wildman–Crippen MR) is 46.8 cm³/mol. The number of alkyl halides is 2. The van der Waals surface area contributed by atoms with Crippen LogP contribution in [0.4, 0.5) is 8.78 Å². The fourth-order valence-corrected chi connectivity index (χ4v) is 1.58. The van der Waals surface area contributed by atoms with Crippen LogP contribution in [0.1, 0.15) is 30.0 Å². The number of hydrogen-bond acceptors (Lipinski definition) is 1. The molecule has 1 atom stereocenters. The summed E-state index contributed by atoms with van der Waals surface area (Å²) in [5.74, 6) is 0. The van der Waals surface area contributed by atoms with Gasteiger partial charge in [-0.25, -0.2) is 8.78 Å². The van der Waals surface area contributed by atoms with E-state index in [4.69, 9.17) is 0 Å². The molecular formula is C10H11F2N. The Morgan fingerprint density at radius 3 is 2.54 bits per heavy atom. The van der Waals surface area contributed by atoms with E-state index in [0.717, 1.165) is 18.5 Å². The number of rotatable bonds is 2. The monoisotopic (exact) mass is 183 g/mol. The van der Waals surface area contributed by atoms with Gasteiger partial charge in [0.2, 0.25) is 0 Å². The van der Waals surface area contributed by atoms with Crippen LogP contribution >= 0.6 is 0 Å². The Morgan fingerprint density at radius 1 is 1.31 bits per heavy atom. The lowest BCUT2D eigenvalue weighted by Crippen LogP contribution is -2.35. The Bertz CT molecular complexity index is 295. The molecule has 1 fully saturated rings. The van der Waals surface area contributed by atoms with Crippen molar-refractivity contribution in [2.75, 3.05) is 6.54 Å². The van der Waals surface area contributed by atoms with Gasteiger partial charge in [-0.1, -0.05) is 24.3 Å². The predicted octanol–water partition coefficient (Wildman–Crippen LogP) is 2.66. The minimum absolute atomic E-state index is 0.144. The van der Waals surface area contributed by atoms with Crippen LogP contribution in [0.15, 0.2) is 24.3 Å². The molecule has 3 heteroatoms. The van der Waals surface area contributed by atoms with Crippen molar-refractivity contribution < 1.29 is 8.78 Å². The molecule has 1 aliphatic heterocycles. The molecule has 1 saturated heterocycles. The maximum Gasteiger partial charge on any atom is 0.264 e. The summed E-state index contributed by atoms with van der Waals surface area (Å²) in [6, 6.07) is 6.88. The highest BCUT2D eigenvalue weighted by Gasteiger charge is 2.23. The fourth-order valence-electron chi connectivity index (χ4n) is 1.58. The Hall–Kier alpha value is -0.960. The molecule has 1 heterocycles. The summed E-state index contributed by atoms with van der Waals surface area (Å²) in [7, 11) is 0. The smallest absolute Gasteiger partial charge is 0.264 e. The van der Waals surface area contributed by atoms with Crippen LogP contribution in [0.5, 0.6) is 0 Å². The minimum atomic E-state index is -2.36. The SMILES string of the molecule is FC(F)c1ccccc1[C@H]1CCN1. The van der Waals surface area contributed by atoms with Gasteiger partial charge >= 0.3 is 0 Å². The van der Waals surface area contributed by atoms with Crippen molar-refractivity contribution in [2.24, 2.45) is 0 Å². The molecule has 70 valence electrons. The molecule has 0 aliphatic carbocycles. The van der Waals surface area contributed by atoms with Crippen molar-refractivity contribution in [1.82, 2.24) is 5.32 Å². The third kappa shape index (κ3) is 1.56. The van der Waals surface area contributed by atoms with Crippen molar-refractivity contribution in [2.45, 2.75) is 18.9 Å². The third-order valence-electron chi connectivity index (χ3n) is 2.43. The molecule has 0 aromatic heterocycles. The molecule has 0 amide bonds. The molecule has 0 saturated carbocycles. The zero-order valence-corrected chi connectivity index (χ0v) is 7.13. The summed E-state index contributed by atoms with van der Waals surface area (Å²) in [6.07, 6.45) is -1.40. The second-order valence-electron chi connectivity index (χ2n) is 3.22. The number of halogens is 2. The first-order valence-electron chi connectivity index (χ1n) is 4.39. The minimum Gasteiger partial charge on any atom is -0.310 e. The van der Waals surface area contributed by atoms with Crippen LogP contribution in [0.2, 0.25) is 0 Å². The Balaban J connectivity index is 2.31. The number of nitrogens with one attached hydrogen (secondary N) is 1. The molecule has 1 N–H and O–H groups in total. The standard InChI is InChI=1S/C10H11F2N/c11-10(12)8-4-2-1-3-7(8)9-5-6-13-9/h1-4,9-10,13H,5-6H2/t9-/m1/s1. The molecule has 2 rings (SSSR count). The van der Waals surface area contributed by atoms with Crippen LogP contribution in [0.25, 0.3) is 0 Å². The molecule has 1 nitrogen and oxygen atoms in total. The van der Waals surface area contributed by atoms with Gasteiger partial charge in [-0.05, 0) is 18.5 Å². The lowest BCUT2D eigenvalue weighted by molar-refractivity contribution is 0.148. The summed E-state index contributed by atoms with van der Waals surface area (Å²) < 4.78 is 25.0. The average molecular weight is 183 g/mol. The molecule has 0 unspecified atom stereocenters. The first-order chi connectivity index (χ1) is 6.29. The molecule has 0 spiro atoms. The second-order valence-corrected chi connectivity index (χ2v) is 3.22. The highest BCUT2D eigenvalue weighted by molar-refractivity contribution is 5.32. The summed E-state index contributed by atoms with van der Waals surface area (Å²) in [5.41, 5.74) is 0.920. The van der Waals surface area contributed by atoms with Gasteiger partial charge in [0.05, 0.1) is 0 Å². The van der Waals surface area contributed by atoms with Crippen LogP contribution in [-0.4, -0.2) is 6.54 Å². The van der Waals surface area contributed by atoms with Crippen LogP contribution in [-0.2, 0) is 0 Å². The van der Waals surface area contributed by atoms with Gasteiger partial charge in [-0.15, -0.1) is 0 Å². The summed E-state index contributed by atoms with van der Waals surface area (Å²) in [5, 5.41) is 3.12. The zero-order chi connectivity index (χ0) is 9.26. The van der Waals surface area contributed by atoms with Crippen LogP contribution < -0.4 is 5.32 Å². The van der Waals surface area contributed by atoms with Crippen molar-refractivity contribution in [3.8, 4) is 0 Å². The van der Waals surface area contributed by atoms with Gasteiger partial charge < -0.3 is 5.32 Å². The van der Waals surface area contributed by atoms with Gasteiger partial charge in [0, 0.05) is 11.6 Å². The molecule has 0 radical (unpaired) electrons. The van der Waals surface area contributed by atoms with E-state index in [1.165, 1.54) is 6.07 Å². The second kappa shape index (κ2) is 3.42. The van der Waals surface area contributed by atoms with Gasteiger partial charge in [0.1, 0.15) is 0 Å². The van der Waals surface area contributed by atoms with Crippen molar-refractivity contribution >= 4 is 0 Å². The van der Waals surface area contributed by atoms with E-state index in [0.29, 0.717) is 0 Å². The largest absolute Gasteiger partial charge is 0.310 e. The van der Waals surface area contributed by atoms with E-state index in [1.54, 1.807) is 18.2 Å². The quantitative estimate of drug-likeness (QED) is 0.743. The Kier molecular flexibility index (Phi) is 2.27. The fraction of sp³-hybridized carbons (Fsp3) is 0.400. The Morgan fingerprint density at radius 2 is 2.00 bits per heavy atom. The molecule has 1 aliphatic rings. The molecule has 1 aromatic carbocycles. The van der Waals surface area contributed by atoms with E-state index in [1.807, 2.05) is 0 Å². The normalized spacial score (nSPS) is 21.6. The van der Waals surface area contributed by atoms with Gasteiger partial charge in [-0.3, -0.25) is 0 Å². The molecule has 0 bridgehead atoms. The maximum absolute atomic E-state index is 12.5. The first kappa shape index (κ1) is 8.63. The lowest BCUT2D eigenvalue weighted by Gasteiger charge is -2.29. The molecular weight excluding hydrogens is 172 g/mol.